The quantitative estimate of drug-likeness (QED) is 0.287. The number of aromatic nitrogens is 1. The maximum Gasteiger partial charge on any atom is 0.319 e. The van der Waals surface area contributed by atoms with Crippen molar-refractivity contribution in [2.24, 2.45) is 0 Å². The maximum atomic E-state index is 12.4. The molecular formula is C23H36N4O4S. The summed E-state index contributed by atoms with van der Waals surface area (Å²) in [5.41, 5.74) is 0.516. The predicted molar refractivity (Wildman–Crippen MR) is 127 cm³/mol. The van der Waals surface area contributed by atoms with Crippen LogP contribution in [0.5, 0.6) is 0 Å². The number of sulfonamides is 1. The highest BCUT2D eigenvalue weighted by atomic mass is 32.2. The molecule has 0 aliphatic heterocycles. The van der Waals surface area contributed by atoms with E-state index in [2.05, 4.69) is 27.4 Å². The zero-order valence-corrected chi connectivity index (χ0v) is 20.0. The van der Waals surface area contributed by atoms with Gasteiger partial charge in [0, 0.05) is 18.3 Å². The summed E-state index contributed by atoms with van der Waals surface area (Å²) in [6.45, 7) is 4.53. The Morgan fingerprint density at radius 3 is 2.09 bits per heavy atom. The van der Waals surface area contributed by atoms with E-state index in [9.17, 15) is 13.2 Å². The molecular weight excluding hydrogens is 428 g/mol. The Morgan fingerprint density at radius 1 is 0.938 bits per heavy atom. The smallest absolute Gasteiger partial charge is 0.319 e. The highest BCUT2D eigenvalue weighted by Crippen LogP contribution is 2.18. The molecule has 0 spiro atoms. The highest BCUT2D eigenvalue weighted by Gasteiger charge is 2.16. The number of carbonyl (C=O) groups is 1. The van der Waals surface area contributed by atoms with Gasteiger partial charge in [0.25, 0.3) is 10.0 Å². The van der Waals surface area contributed by atoms with Gasteiger partial charge in [0.05, 0.1) is 4.90 Å². The Hall–Kier alpha value is -2.55. The average molecular weight is 465 g/mol. The Morgan fingerprint density at radius 2 is 1.53 bits per heavy atom. The van der Waals surface area contributed by atoms with Gasteiger partial charge in [-0.05, 0) is 37.6 Å². The van der Waals surface area contributed by atoms with Gasteiger partial charge >= 0.3 is 6.03 Å². The first-order valence-corrected chi connectivity index (χ1v) is 13.0. The van der Waals surface area contributed by atoms with Crippen LogP contribution in [0.1, 0.15) is 76.9 Å². The van der Waals surface area contributed by atoms with Crippen LogP contribution < -0.4 is 15.4 Å². The number of nitrogens with zero attached hydrogens (tertiary/aromatic N) is 1. The Bertz CT molecular complexity index is 910. The number of unbranched alkanes of at least 4 members (excludes halogenated alkanes) is 9. The number of urea groups is 1. The predicted octanol–water partition coefficient (Wildman–Crippen LogP) is 5.83. The van der Waals surface area contributed by atoms with Crippen LogP contribution in [0.25, 0.3) is 0 Å². The molecule has 0 bridgehead atoms. The first kappa shape index (κ1) is 25.7. The van der Waals surface area contributed by atoms with E-state index in [-0.39, 0.29) is 16.7 Å². The van der Waals surface area contributed by atoms with E-state index >= 15 is 0 Å². The molecule has 2 aromatic rings. The molecule has 0 aliphatic carbocycles. The molecule has 2 amide bonds. The van der Waals surface area contributed by atoms with Crippen LogP contribution in [-0.2, 0) is 10.0 Å². The lowest BCUT2D eigenvalue weighted by molar-refractivity contribution is 0.252. The van der Waals surface area contributed by atoms with Crippen LogP contribution in [0.3, 0.4) is 0 Å². The molecule has 0 aliphatic rings. The van der Waals surface area contributed by atoms with Crippen molar-refractivity contribution in [2.45, 2.75) is 83.0 Å². The summed E-state index contributed by atoms with van der Waals surface area (Å²) in [5, 5.41) is 9.18. The first-order chi connectivity index (χ1) is 15.4. The highest BCUT2D eigenvalue weighted by molar-refractivity contribution is 7.92. The third-order valence-corrected chi connectivity index (χ3v) is 6.48. The van der Waals surface area contributed by atoms with Crippen molar-refractivity contribution < 1.29 is 17.7 Å². The van der Waals surface area contributed by atoms with E-state index in [4.69, 9.17) is 4.52 Å². The Labute approximate surface area is 191 Å². The largest absolute Gasteiger partial charge is 0.360 e. The number of carbonyl (C=O) groups excluding carboxylic acids is 1. The van der Waals surface area contributed by atoms with Crippen molar-refractivity contribution in [3.8, 4) is 0 Å². The van der Waals surface area contributed by atoms with E-state index in [1.54, 1.807) is 19.1 Å². The molecule has 3 N–H and O–H groups in total. The van der Waals surface area contributed by atoms with Crippen molar-refractivity contribution in [1.29, 1.82) is 0 Å². The average Bonchev–Trinajstić information content (AvgIpc) is 3.16. The molecule has 1 aromatic heterocycles. The number of anilines is 2. The Balaban J connectivity index is 1.61. The third kappa shape index (κ3) is 9.72. The van der Waals surface area contributed by atoms with Gasteiger partial charge < -0.3 is 15.2 Å². The summed E-state index contributed by atoms with van der Waals surface area (Å²) in [7, 11) is -3.78. The minimum Gasteiger partial charge on any atom is -0.360 e. The van der Waals surface area contributed by atoms with Gasteiger partial charge in [0.15, 0.2) is 5.82 Å². The van der Waals surface area contributed by atoms with Gasteiger partial charge in [-0.15, -0.1) is 0 Å². The third-order valence-electron chi connectivity index (χ3n) is 5.11. The van der Waals surface area contributed by atoms with Crippen LogP contribution in [0.15, 0.2) is 39.8 Å². The van der Waals surface area contributed by atoms with Crippen molar-refractivity contribution in [2.75, 3.05) is 16.6 Å². The van der Waals surface area contributed by atoms with Gasteiger partial charge in [-0.25, -0.2) is 13.2 Å². The number of nitrogens with one attached hydrogen (secondary N) is 3. The van der Waals surface area contributed by atoms with Crippen molar-refractivity contribution >= 4 is 27.6 Å². The van der Waals surface area contributed by atoms with Crippen molar-refractivity contribution in [1.82, 2.24) is 10.5 Å². The second-order valence-electron chi connectivity index (χ2n) is 8.02. The van der Waals surface area contributed by atoms with Gasteiger partial charge in [-0.1, -0.05) is 69.9 Å². The number of hydrogen-bond acceptors (Lipinski definition) is 5. The molecule has 0 unspecified atom stereocenters. The van der Waals surface area contributed by atoms with Crippen LogP contribution >= 0.6 is 0 Å². The molecule has 9 heteroatoms. The van der Waals surface area contributed by atoms with E-state index in [1.807, 2.05) is 0 Å². The lowest BCUT2D eigenvalue weighted by atomic mass is 10.1. The van der Waals surface area contributed by atoms with Crippen LogP contribution in [0.2, 0.25) is 0 Å². The second-order valence-corrected chi connectivity index (χ2v) is 9.70. The zero-order valence-electron chi connectivity index (χ0n) is 19.2. The number of rotatable bonds is 15. The van der Waals surface area contributed by atoms with Gasteiger partial charge in [-0.2, -0.15) is 0 Å². The van der Waals surface area contributed by atoms with Crippen LogP contribution in [0, 0.1) is 6.92 Å². The molecule has 0 saturated heterocycles. The SMILES string of the molecule is CCCCCCCCCCCCNC(=O)Nc1ccc(S(=O)(=O)Nc2cc(C)on2)cc1. The molecule has 8 nitrogen and oxygen atoms in total. The zero-order chi connectivity index (χ0) is 23.2. The minimum absolute atomic E-state index is 0.0643. The molecule has 1 heterocycles. The van der Waals surface area contributed by atoms with E-state index in [0.717, 1.165) is 12.8 Å². The molecule has 0 radical (unpaired) electrons. The number of aryl methyl sites for hydroxylation is 1. The van der Waals surface area contributed by atoms with E-state index in [0.29, 0.717) is 18.0 Å². The van der Waals surface area contributed by atoms with Crippen LogP contribution in [0.4, 0.5) is 16.3 Å². The van der Waals surface area contributed by atoms with Gasteiger partial charge in [0.2, 0.25) is 0 Å². The molecule has 0 saturated carbocycles. The number of hydrogen-bond donors (Lipinski definition) is 3. The maximum absolute atomic E-state index is 12.4. The van der Waals surface area contributed by atoms with Crippen molar-refractivity contribution in [3.05, 3.63) is 36.1 Å². The summed E-state index contributed by atoms with van der Waals surface area (Å²) >= 11 is 0. The summed E-state index contributed by atoms with van der Waals surface area (Å²) < 4.78 is 32.0. The number of amides is 2. The molecule has 178 valence electrons. The van der Waals surface area contributed by atoms with Crippen molar-refractivity contribution in [3.63, 3.8) is 0 Å². The molecule has 0 fully saturated rings. The van der Waals surface area contributed by atoms with E-state index in [1.165, 1.54) is 69.6 Å². The first-order valence-electron chi connectivity index (χ1n) is 11.5. The minimum atomic E-state index is -3.78. The van der Waals surface area contributed by atoms with Gasteiger partial charge in [-0.3, -0.25) is 4.72 Å². The lowest BCUT2D eigenvalue weighted by Gasteiger charge is -2.09. The second kappa shape index (κ2) is 13.8. The molecule has 32 heavy (non-hydrogen) atoms. The lowest BCUT2D eigenvalue weighted by Crippen LogP contribution is -2.29. The monoisotopic (exact) mass is 464 g/mol. The Kier molecular flexibility index (Phi) is 11.1. The molecule has 2 rings (SSSR count). The summed E-state index contributed by atoms with van der Waals surface area (Å²) in [6.07, 6.45) is 12.5. The topological polar surface area (TPSA) is 113 Å². The number of benzene rings is 1. The molecule has 1 aromatic carbocycles. The fourth-order valence-corrected chi connectivity index (χ4v) is 4.30. The standard InChI is InChI=1S/C23H36N4O4S/c1-3-4-5-6-7-8-9-10-11-12-17-24-23(28)25-20-13-15-21(16-14-20)32(29,30)27-22-18-19(2)31-26-22/h13-16,18H,3-12,17H2,1-2H3,(H,26,27)(H2,24,25,28). The summed E-state index contributed by atoms with van der Waals surface area (Å²) in [4.78, 5) is 12.1. The van der Waals surface area contributed by atoms with Crippen LogP contribution in [-0.4, -0.2) is 26.2 Å². The molecule has 0 atom stereocenters. The normalized spacial score (nSPS) is 11.3. The summed E-state index contributed by atoms with van der Waals surface area (Å²) in [6, 6.07) is 7.13. The van der Waals surface area contributed by atoms with Gasteiger partial charge in [0.1, 0.15) is 5.76 Å². The summed E-state index contributed by atoms with van der Waals surface area (Å²) in [5.74, 6) is 0.627. The van der Waals surface area contributed by atoms with E-state index < -0.39 is 10.0 Å². The fourth-order valence-electron chi connectivity index (χ4n) is 3.32. The fraction of sp³-hybridized carbons (Fsp3) is 0.565.